The molecule has 0 radical (unpaired) electrons. The van der Waals surface area contributed by atoms with E-state index in [1.54, 1.807) is 20.8 Å². The number of nitrogens with zero attached hydrogens (tertiary/aromatic N) is 1. The fraction of sp³-hybridized carbons (Fsp3) is 0.591. The Morgan fingerprint density at radius 3 is 2.33 bits per heavy atom. The highest BCUT2D eigenvalue weighted by Crippen LogP contribution is 2.65. The SMILES string of the molecule is CC(C)(C)OC(=O)N(Nc1ccc(F)cc1F)C(=O)C1C(=O)[C@@]2(C)CC[C@@H]1C2(C)C. The number of hydrogen-bond acceptors (Lipinski definition) is 5. The van der Waals surface area contributed by atoms with Gasteiger partial charge in [0.05, 0.1) is 5.69 Å². The first-order chi connectivity index (χ1) is 13.7. The van der Waals surface area contributed by atoms with Crippen LogP contribution in [0.15, 0.2) is 18.2 Å². The van der Waals surface area contributed by atoms with Gasteiger partial charge in [0.1, 0.15) is 17.3 Å². The molecule has 1 aromatic carbocycles. The summed E-state index contributed by atoms with van der Waals surface area (Å²) in [5.74, 6) is -4.08. The number of hydrogen-bond donors (Lipinski definition) is 1. The Balaban J connectivity index is 1.97. The molecule has 3 rings (SSSR count). The lowest BCUT2D eigenvalue weighted by Gasteiger charge is -2.32. The van der Waals surface area contributed by atoms with Crippen LogP contribution in [0.5, 0.6) is 0 Å². The van der Waals surface area contributed by atoms with Crippen molar-refractivity contribution in [3.8, 4) is 0 Å². The molecule has 2 aliphatic rings. The van der Waals surface area contributed by atoms with Crippen LogP contribution >= 0.6 is 0 Å². The summed E-state index contributed by atoms with van der Waals surface area (Å²) in [7, 11) is 0. The number of Topliss-reactive ketones (excluding diaryl/α,β-unsaturated/α-hetero) is 1. The van der Waals surface area contributed by atoms with E-state index in [9.17, 15) is 23.2 Å². The van der Waals surface area contributed by atoms with Gasteiger partial charge in [0.15, 0.2) is 11.6 Å². The number of carbonyl (C=O) groups excluding carboxylic acids is 3. The van der Waals surface area contributed by atoms with Crippen LogP contribution in [0.3, 0.4) is 0 Å². The summed E-state index contributed by atoms with van der Waals surface area (Å²) in [5, 5.41) is 0.546. The van der Waals surface area contributed by atoms with Crippen molar-refractivity contribution in [3.05, 3.63) is 29.8 Å². The maximum atomic E-state index is 14.2. The normalized spacial score (nSPS) is 27.1. The molecule has 0 saturated heterocycles. The minimum atomic E-state index is -1.06. The molecule has 1 N–H and O–H groups in total. The number of anilines is 1. The van der Waals surface area contributed by atoms with Crippen molar-refractivity contribution in [2.24, 2.45) is 22.7 Å². The molecule has 0 aromatic heterocycles. The van der Waals surface area contributed by atoms with Crippen molar-refractivity contribution < 1.29 is 27.9 Å². The molecule has 3 atom stereocenters. The highest BCUT2D eigenvalue weighted by molar-refractivity contribution is 6.11. The molecule has 2 saturated carbocycles. The molecule has 1 aromatic rings. The number of nitrogens with one attached hydrogen (secondary N) is 1. The summed E-state index contributed by atoms with van der Waals surface area (Å²) in [6, 6.07) is 2.70. The van der Waals surface area contributed by atoms with Crippen LogP contribution in [-0.4, -0.2) is 28.4 Å². The minimum absolute atomic E-state index is 0.219. The average molecular weight is 422 g/mol. The number of imide groups is 1. The van der Waals surface area contributed by atoms with Crippen LogP contribution in [0.4, 0.5) is 19.3 Å². The second kappa shape index (κ2) is 7.03. The van der Waals surface area contributed by atoms with E-state index >= 15 is 0 Å². The number of halogens is 2. The van der Waals surface area contributed by atoms with Gasteiger partial charge in [0.25, 0.3) is 5.91 Å². The van der Waals surface area contributed by atoms with Crippen molar-refractivity contribution in [2.75, 3.05) is 5.43 Å². The van der Waals surface area contributed by atoms with Gasteiger partial charge in [-0.2, -0.15) is 5.01 Å². The number of benzene rings is 1. The summed E-state index contributed by atoms with van der Waals surface area (Å²) in [6.07, 6.45) is 0.299. The molecule has 0 heterocycles. The van der Waals surface area contributed by atoms with Crippen molar-refractivity contribution in [3.63, 3.8) is 0 Å². The standard InChI is InChI=1S/C22H28F2N2O4/c1-20(2,3)30-19(29)26(25-15-8-7-12(23)11-14(15)24)18(28)16-13-9-10-22(6,17(16)27)21(13,4)5/h7-8,11,13,16,25H,9-10H2,1-6H3/t13-,16?,22+/m0/s1. The van der Waals surface area contributed by atoms with E-state index < -0.39 is 46.0 Å². The van der Waals surface area contributed by atoms with Crippen molar-refractivity contribution >= 4 is 23.5 Å². The monoisotopic (exact) mass is 422 g/mol. The van der Waals surface area contributed by atoms with E-state index in [4.69, 9.17) is 4.74 Å². The Kier molecular flexibility index (Phi) is 5.20. The van der Waals surface area contributed by atoms with Crippen LogP contribution in [0.25, 0.3) is 0 Å². The Hall–Kier alpha value is -2.51. The largest absolute Gasteiger partial charge is 0.442 e. The number of rotatable bonds is 3. The topological polar surface area (TPSA) is 75.7 Å². The van der Waals surface area contributed by atoms with E-state index in [1.807, 2.05) is 20.8 Å². The van der Waals surface area contributed by atoms with Gasteiger partial charge >= 0.3 is 6.09 Å². The zero-order valence-corrected chi connectivity index (χ0v) is 18.1. The molecule has 8 heteroatoms. The number of fused-ring (bicyclic) bond motifs is 2. The van der Waals surface area contributed by atoms with Crippen molar-refractivity contribution in [1.29, 1.82) is 0 Å². The molecule has 2 fully saturated rings. The summed E-state index contributed by atoms with van der Waals surface area (Å²) in [4.78, 5) is 39.4. The number of hydrazine groups is 1. The van der Waals surface area contributed by atoms with Gasteiger partial charge in [-0.15, -0.1) is 0 Å². The lowest BCUT2D eigenvalue weighted by Crippen LogP contribution is -2.50. The molecule has 6 nitrogen and oxygen atoms in total. The van der Waals surface area contributed by atoms with Gasteiger partial charge < -0.3 is 4.74 Å². The molecule has 2 aliphatic carbocycles. The van der Waals surface area contributed by atoms with Crippen LogP contribution in [0, 0.1) is 34.3 Å². The number of ether oxygens (including phenoxy) is 1. The van der Waals surface area contributed by atoms with Crippen LogP contribution in [0.2, 0.25) is 0 Å². The number of carbonyl (C=O) groups is 3. The van der Waals surface area contributed by atoms with Gasteiger partial charge in [-0.1, -0.05) is 20.8 Å². The fourth-order valence-corrected chi connectivity index (χ4v) is 4.71. The molecular formula is C22H28F2N2O4. The lowest BCUT2D eigenvalue weighted by molar-refractivity contribution is -0.143. The second-order valence-corrected chi connectivity index (χ2v) is 9.93. The molecular weight excluding hydrogens is 394 g/mol. The average Bonchev–Trinajstić information content (AvgIpc) is 2.91. The molecule has 2 bridgehead atoms. The Labute approximate surface area is 174 Å². The van der Waals surface area contributed by atoms with Crippen LogP contribution in [0.1, 0.15) is 54.4 Å². The Bertz CT molecular complexity index is 909. The first kappa shape index (κ1) is 22.2. The van der Waals surface area contributed by atoms with Crippen molar-refractivity contribution in [1.82, 2.24) is 5.01 Å². The summed E-state index contributed by atoms with van der Waals surface area (Å²) < 4.78 is 32.8. The highest BCUT2D eigenvalue weighted by atomic mass is 19.1. The third kappa shape index (κ3) is 3.46. The highest BCUT2D eigenvalue weighted by Gasteiger charge is 2.68. The molecule has 30 heavy (non-hydrogen) atoms. The predicted octanol–water partition coefficient (Wildman–Crippen LogP) is 4.70. The van der Waals surface area contributed by atoms with Crippen LogP contribution in [-0.2, 0) is 14.3 Å². The molecule has 0 aliphatic heterocycles. The smallest absolute Gasteiger partial charge is 0.436 e. The first-order valence-corrected chi connectivity index (χ1v) is 10.0. The summed E-state index contributed by atoms with van der Waals surface area (Å²) >= 11 is 0. The zero-order valence-electron chi connectivity index (χ0n) is 18.1. The molecule has 2 amide bonds. The van der Waals surface area contributed by atoms with Crippen molar-refractivity contribution in [2.45, 2.75) is 60.0 Å². The fourth-order valence-electron chi connectivity index (χ4n) is 4.71. The van der Waals surface area contributed by atoms with E-state index in [1.165, 1.54) is 0 Å². The Morgan fingerprint density at radius 1 is 1.20 bits per heavy atom. The van der Waals surface area contributed by atoms with Gasteiger partial charge in [-0.3, -0.25) is 15.0 Å². The van der Waals surface area contributed by atoms with E-state index in [2.05, 4.69) is 5.43 Å². The lowest BCUT2D eigenvalue weighted by atomic mass is 9.70. The molecule has 0 spiro atoms. The van der Waals surface area contributed by atoms with E-state index in [0.29, 0.717) is 23.9 Å². The number of ketones is 1. The number of amides is 2. The summed E-state index contributed by atoms with van der Waals surface area (Å²) in [6.45, 7) is 10.6. The molecule has 164 valence electrons. The third-order valence-corrected chi connectivity index (χ3v) is 6.76. The Morgan fingerprint density at radius 2 is 1.83 bits per heavy atom. The third-order valence-electron chi connectivity index (χ3n) is 6.76. The quantitative estimate of drug-likeness (QED) is 0.565. The zero-order chi connectivity index (χ0) is 22.6. The van der Waals surface area contributed by atoms with Gasteiger partial charge in [0, 0.05) is 11.5 Å². The van der Waals surface area contributed by atoms with Gasteiger partial charge in [-0.25, -0.2) is 13.6 Å². The van der Waals surface area contributed by atoms with Crippen LogP contribution < -0.4 is 5.43 Å². The minimum Gasteiger partial charge on any atom is -0.442 e. The van der Waals surface area contributed by atoms with Gasteiger partial charge in [0.2, 0.25) is 0 Å². The predicted molar refractivity (Wildman–Crippen MR) is 106 cm³/mol. The molecule has 1 unspecified atom stereocenters. The maximum absolute atomic E-state index is 14.2. The van der Waals surface area contributed by atoms with E-state index in [-0.39, 0.29) is 17.4 Å². The maximum Gasteiger partial charge on any atom is 0.436 e. The second-order valence-electron chi connectivity index (χ2n) is 9.93. The first-order valence-electron chi connectivity index (χ1n) is 10.0. The summed E-state index contributed by atoms with van der Waals surface area (Å²) in [5.41, 5.74) is 0.120. The van der Waals surface area contributed by atoms with E-state index in [0.717, 1.165) is 12.1 Å². The van der Waals surface area contributed by atoms with Gasteiger partial charge in [-0.05, 0) is 57.1 Å².